The predicted molar refractivity (Wildman–Crippen MR) is 145 cm³/mol. The SMILES string of the molecule is CCOC(=O)[C@H](C)CP(=O)(OC[C@@]1(N=[N+]=[N-])O[C@@H](n2ccc(N)nc2=O)[C@H](O)[C@@H]1F)Oc1cccc2ccccc12. The number of aliphatic hydroxyl groups is 1. The number of benzene rings is 2. The summed E-state index contributed by atoms with van der Waals surface area (Å²) in [6, 6.07) is 13.3. The largest absolute Gasteiger partial charge is 0.466 e. The van der Waals surface area contributed by atoms with Crippen LogP contribution in [0.5, 0.6) is 5.75 Å². The summed E-state index contributed by atoms with van der Waals surface area (Å²) in [4.78, 5) is 30.8. The van der Waals surface area contributed by atoms with E-state index in [-0.39, 0.29) is 18.2 Å². The van der Waals surface area contributed by atoms with Crippen LogP contribution in [0.25, 0.3) is 21.2 Å². The number of nitrogens with two attached hydrogens (primary N) is 1. The third-order valence-corrected chi connectivity index (χ3v) is 8.32. The number of nitrogens with zero attached hydrogens (tertiary/aromatic N) is 5. The van der Waals surface area contributed by atoms with Crippen molar-refractivity contribution in [3.8, 4) is 5.75 Å². The number of anilines is 1. The molecule has 41 heavy (non-hydrogen) atoms. The Hall–Kier alpha value is -4.00. The molecule has 0 amide bonds. The van der Waals surface area contributed by atoms with Gasteiger partial charge in [0, 0.05) is 16.5 Å². The summed E-state index contributed by atoms with van der Waals surface area (Å²) in [5.41, 5.74) is 11.2. The lowest BCUT2D eigenvalue weighted by molar-refractivity contribution is -0.146. The van der Waals surface area contributed by atoms with Crippen molar-refractivity contribution in [1.29, 1.82) is 0 Å². The number of carbonyl (C=O) groups excluding carboxylic acids is 1. The number of aliphatic hydroxyl groups excluding tert-OH is 1. The normalized spacial score (nSPS) is 24.2. The number of hydrogen-bond donors (Lipinski definition) is 2. The van der Waals surface area contributed by atoms with E-state index in [1.165, 1.54) is 13.0 Å². The monoisotopic (exact) mass is 590 g/mol. The summed E-state index contributed by atoms with van der Waals surface area (Å²) in [6.45, 7) is 2.13. The number of ether oxygens (including phenoxy) is 2. The second-order valence-corrected chi connectivity index (χ2v) is 11.3. The Morgan fingerprint density at radius 2 is 2.07 bits per heavy atom. The Bertz CT molecular complexity index is 1580. The Morgan fingerprint density at radius 1 is 1.34 bits per heavy atom. The molecule has 1 aromatic heterocycles. The number of esters is 1. The van der Waals surface area contributed by atoms with Crippen molar-refractivity contribution in [2.75, 3.05) is 25.1 Å². The fourth-order valence-corrected chi connectivity index (χ4v) is 6.21. The van der Waals surface area contributed by atoms with Crippen LogP contribution in [0.4, 0.5) is 10.2 Å². The lowest BCUT2D eigenvalue weighted by atomic mass is 10.1. The van der Waals surface area contributed by atoms with E-state index in [2.05, 4.69) is 15.0 Å². The Kier molecular flexibility index (Phi) is 8.95. The van der Waals surface area contributed by atoms with E-state index < -0.39 is 62.2 Å². The molecule has 3 N–H and O–H groups in total. The average Bonchev–Trinajstić information content (AvgIpc) is 3.18. The smallest absolute Gasteiger partial charge is 0.380 e. The minimum atomic E-state index is -4.36. The van der Waals surface area contributed by atoms with Gasteiger partial charge in [-0.2, -0.15) is 4.98 Å². The molecule has 0 bridgehead atoms. The van der Waals surface area contributed by atoms with Gasteiger partial charge in [0.05, 0.1) is 25.3 Å². The van der Waals surface area contributed by atoms with Gasteiger partial charge in [-0.25, -0.2) is 13.8 Å². The summed E-state index contributed by atoms with van der Waals surface area (Å²) >= 11 is 0. The summed E-state index contributed by atoms with van der Waals surface area (Å²) in [7, 11) is -4.36. The molecule has 1 aliphatic heterocycles. The molecule has 218 valence electrons. The number of hydrogen-bond acceptors (Lipinski definition) is 11. The minimum absolute atomic E-state index is 0.0779. The van der Waals surface area contributed by atoms with Crippen molar-refractivity contribution >= 4 is 30.2 Å². The molecule has 1 aliphatic rings. The van der Waals surface area contributed by atoms with Crippen LogP contribution in [0.3, 0.4) is 0 Å². The maximum absolute atomic E-state index is 15.6. The molecule has 1 unspecified atom stereocenters. The molecule has 2 aromatic carbocycles. The van der Waals surface area contributed by atoms with E-state index in [1.807, 2.05) is 0 Å². The molecule has 0 spiro atoms. The second-order valence-electron chi connectivity index (χ2n) is 9.27. The van der Waals surface area contributed by atoms with Gasteiger partial charge in [0.15, 0.2) is 12.4 Å². The third-order valence-electron chi connectivity index (χ3n) is 6.33. The van der Waals surface area contributed by atoms with Gasteiger partial charge < -0.3 is 24.8 Å². The lowest BCUT2D eigenvalue weighted by Gasteiger charge is -2.29. The van der Waals surface area contributed by atoms with Crippen molar-refractivity contribution in [3.05, 3.63) is 75.7 Å². The van der Waals surface area contributed by atoms with Crippen LogP contribution in [0.15, 0.2) is 64.6 Å². The van der Waals surface area contributed by atoms with E-state index in [0.717, 1.165) is 16.2 Å². The van der Waals surface area contributed by atoms with Crippen LogP contribution in [0.2, 0.25) is 0 Å². The van der Waals surface area contributed by atoms with Gasteiger partial charge in [-0.1, -0.05) is 48.4 Å². The first-order chi connectivity index (χ1) is 19.5. The summed E-state index contributed by atoms with van der Waals surface area (Å²) in [5, 5.41) is 15.3. The van der Waals surface area contributed by atoms with Gasteiger partial charge in [-0.3, -0.25) is 13.9 Å². The molecule has 1 fully saturated rings. The van der Waals surface area contributed by atoms with E-state index in [0.29, 0.717) is 5.39 Å². The second kappa shape index (κ2) is 12.2. The summed E-state index contributed by atoms with van der Waals surface area (Å²) in [5.74, 6) is -1.62. The first-order valence-electron chi connectivity index (χ1n) is 12.5. The van der Waals surface area contributed by atoms with Crippen LogP contribution < -0.4 is 15.9 Å². The third kappa shape index (κ3) is 6.34. The van der Waals surface area contributed by atoms with Crippen LogP contribution >= 0.6 is 7.60 Å². The maximum Gasteiger partial charge on any atom is 0.380 e. The molecule has 0 aliphatic carbocycles. The molecule has 14 nitrogen and oxygen atoms in total. The summed E-state index contributed by atoms with van der Waals surface area (Å²) in [6.07, 6.45) is -5.54. The standard InChI is InChI=1S/C25H28FN6O8P/c1-3-37-23(34)15(2)13-41(36,40-18-10-6-8-16-7-4-5-9-17(16)18)38-14-25(30-31-28)21(26)20(33)22(39-25)32-12-11-19(27)29-24(32)35/h4-12,15,20-22,33H,3,13-14H2,1-2H3,(H2,27,29,35)/t15-,20-,21+,22-,25-,41?/m1/s1. The van der Waals surface area contributed by atoms with Crippen molar-refractivity contribution in [3.63, 3.8) is 0 Å². The minimum Gasteiger partial charge on any atom is -0.466 e. The van der Waals surface area contributed by atoms with Gasteiger partial charge in [0.25, 0.3) is 0 Å². The molecule has 0 radical (unpaired) electrons. The number of aromatic nitrogens is 2. The Balaban J connectivity index is 1.68. The van der Waals surface area contributed by atoms with E-state index >= 15 is 4.39 Å². The fourth-order valence-electron chi connectivity index (χ4n) is 4.32. The highest BCUT2D eigenvalue weighted by Crippen LogP contribution is 2.53. The van der Waals surface area contributed by atoms with Crippen molar-refractivity contribution < 1.29 is 37.4 Å². The predicted octanol–water partition coefficient (Wildman–Crippen LogP) is 3.70. The molecular weight excluding hydrogens is 562 g/mol. The number of carbonyl (C=O) groups is 1. The zero-order valence-electron chi connectivity index (χ0n) is 22.1. The van der Waals surface area contributed by atoms with Gasteiger partial charge in [0.2, 0.25) is 5.72 Å². The Labute approximate surface area is 233 Å². The number of nitrogen functional groups attached to an aromatic ring is 1. The first-order valence-corrected chi connectivity index (χ1v) is 14.2. The van der Waals surface area contributed by atoms with Gasteiger partial charge in [-0.05, 0) is 30.0 Å². The highest BCUT2D eigenvalue weighted by Gasteiger charge is 2.57. The van der Waals surface area contributed by atoms with Crippen molar-refractivity contribution in [2.24, 2.45) is 11.0 Å². The molecule has 16 heteroatoms. The van der Waals surface area contributed by atoms with Crippen LogP contribution in [-0.2, 0) is 23.4 Å². The molecule has 2 heterocycles. The highest BCUT2D eigenvalue weighted by molar-refractivity contribution is 7.54. The number of rotatable bonds is 11. The van der Waals surface area contributed by atoms with Gasteiger partial charge in [0.1, 0.15) is 17.7 Å². The van der Waals surface area contributed by atoms with Crippen LogP contribution in [0, 0.1) is 5.92 Å². The first kappa shape index (κ1) is 30.0. The number of azide groups is 1. The molecule has 0 saturated carbocycles. The number of halogens is 1. The van der Waals surface area contributed by atoms with E-state index in [4.69, 9.17) is 24.3 Å². The van der Waals surface area contributed by atoms with Crippen molar-refractivity contribution in [2.45, 2.75) is 38.1 Å². The Morgan fingerprint density at radius 3 is 2.78 bits per heavy atom. The average molecular weight is 591 g/mol. The molecule has 3 aromatic rings. The molecular formula is C25H28FN6O8P. The molecule has 6 atom stereocenters. The quantitative estimate of drug-likeness (QED) is 0.109. The fraction of sp³-hybridized carbons (Fsp3) is 0.400. The van der Waals surface area contributed by atoms with Crippen LogP contribution in [-0.4, -0.2) is 58.0 Å². The molecule has 4 rings (SSSR count). The zero-order valence-corrected chi connectivity index (χ0v) is 23.0. The number of fused-ring (bicyclic) bond motifs is 1. The maximum atomic E-state index is 15.6. The van der Waals surface area contributed by atoms with Gasteiger partial charge in [-0.15, -0.1) is 0 Å². The van der Waals surface area contributed by atoms with Crippen LogP contribution in [0.1, 0.15) is 20.1 Å². The lowest BCUT2D eigenvalue weighted by Crippen LogP contribution is -2.42. The summed E-state index contributed by atoms with van der Waals surface area (Å²) < 4.78 is 52.6. The van der Waals surface area contributed by atoms with Crippen molar-refractivity contribution in [1.82, 2.24) is 9.55 Å². The zero-order chi connectivity index (χ0) is 29.8. The van der Waals surface area contributed by atoms with E-state index in [9.17, 15) is 24.8 Å². The van der Waals surface area contributed by atoms with Gasteiger partial charge >= 0.3 is 19.3 Å². The van der Waals surface area contributed by atoms with E-state index in [1.54, 1.807) is 49.4 Å². The number of alkyl halides is 1. The molecule has 1 saturated heterocycles. The highest BCUT2D eigenvalue weighted by atomic mass is 31.2. The topological polar surface area (TPSA) is 201 Å².